The molecule has 0 aliphatic carbocycles. The zero-order valence-electron chi connectivity index (χ0n) is 14.9. The molecule has 1 aromatic heterocycles. The molecule has 2 fully saturated rings. The van der Waals surface area contributed by atoms with Gasteiger partial charge in [-0.15, -0.1) is 0 Å². The van der Waals surface area contributed by atoms with Crippen LogP contribution in [0.4, 0.5) is 4.79 Å². The highest BCUT2D eigenvalue weighted by molar-refractivity contribution is 6.01. The fourth-order valence-corrected chi connectivity index (χ4v) is 3.35. The standard InChI is InChI=1S/C16H25N5O4/c1-10(2)21-14(13-11(3)5-8-25-13)18-20(16(21)24)7-4-6-19-12(22)9-17-15(19)23/h10-11,13H,4-9H2,1-3H3,(H,17,23)/t11-,13+/m1/s1. The molecule has 138 valence electrons. The van der Waals surface area contributed by atoms with Crippen molar-refractivity contribution in [3.8, 4) is 0 Å². The number of aromatic nitrogens is 3. The minimum atomic E-state index is -0.376. The monoisotopic (exact) mass is 351 g/mol. The summed E-state index contributed by atoms with van der Waals surface area (Å²) in [5, 5.41) is 6.99. The first-order valence-corrected chi connectivity index (χ1v) is 8.79. The van der Waals surface area contributed by atoms with Crippen molar-refractivity contribution in [3.05, 3.63) is 16.3 Å². The molecule has 0 saturated carbocycles. The molecule has 2 aliphatic rings. The van der Waals surface area contributed by atoms with Gasteiger partial charge in [-0.25, -0.2) is 14.3 Å². The van der Waals surface area contributed by atoms with E-state index >= 15 is 0 Å². The molecule has 1 aromatic rings. The molecule has 2 saturated heterocycles. The molecule has 9 heteroatoms. The second-order valence-corrected chi connectivity index (χ2v) is 6.94. The third-order valence-electron chi connectivity index (χ3n) is 4.74. The minimum absolute atomic E-state index is 0.0152. The van der Waals surface area contributed by atoms with E-state index in [-0.39, 0.29) is 42.9 Å². The van der Waals surface area contributed by atoms with Gasteiger partial charge < -0.3 is 10.1 Å². The Labute approximate surface area is 145 Å². The smallest absolute Gasteiger partial charge is 0.346 e. The summed E-state index contributed by atoms with van der Waals surface area (Å²) in [5.41, 5.74) is -0.176. The number of urea groups is 1. The van der Waals surface area contributed by atoms with Crippen LogP contribution >= 0.6 is 0 Å². The van der Waals surface area contributed by atoms with E-state index in [1.54, 1.807) is 4.57 Å². The predicted octanol–water partition coefficient (Wildman–Crippen LogP) is 0.665. The number of hydrogen-bond donors (Lipinski definition) is 1. The maximum atomic E-state index is 12.7. The Morgan fingerprint density at radius 1 is 1.28 bits per heavy atom. The fraction of sp³-hybridized carbons (Fsp3) is 0.750. The van der Waals surface area contributed by atoms with E-state index in [2.05, 4.69) is 17.3 Å². The summed E-state index contributed by atoms with van der Waals surface area (Å²) < 4.78 is 8.88. The van der Waals surface area contributed by atoms with Crippen LogP contribution in [0.5, 0.6) is 0 Å². The number of imide groups is 1. The van der Waals surface area contributed by atoms with Gasteiger partial charge in [0.1, 0.15) is 6.10 Å². The Kier molecular flexibility index (Phi) is 4.94. The van der Waals surface area contributed by atoms with Crippen LogP contribution in [0.2, 0.25) is 0 Å². The van der Waals surface area contributed by atoms with Crippen LogP contribution in [-0.4, -0.2) is 50.9 Å². The highest BCUT2D eigenvalue weighted by Crippen LogP contribution is 2.33. The molecule has 0 bridgehead atoms. The van der Waals surface area contributed by atoms with Crippen LogP contribution in [0, 0.1) is 5.92 Å². The molecule has 0 unspecified atom stereocenters. The highest BCUT2D eigenvalue weighted by Gasteiger charge is 2.33. The summed E-state index contributed by atoms with van der Waals surface area (Å²) in [7, 11) is 0. The molecule has 25 heavy (non-hydrogen) atoms. The molecule has 3 rings (SSSR count). The highest BCUT2D eigenvalue weighted by atomic mass is 16.5. The van der Waals surface area contributed by atoms with E-state index in [1.165, 1.54) is 9.58 Å². The maximum Gasteiger partial charge on any atom is 0.346 e. The lowest BCUT2D eigenvalue weighted by Gasteiger charge is -2.16. The Hall–Kier alpha value is -2.16. The predicted molar refractivity (Wildman–Crippen MR) is 89.1 cm³/mol. The number of amides is 3. The van der Waals surface area contributed by atoms with Crippen molar-refractivity contribution < 1.29 is 14.3 Å². The normalized spacial score (nSPS) is 23.8. The third-order valence-corrected chi connectivity index (χ3v) is 4.74. The number of carbonyl (C=O) groups excluding carboxylic acids is 2. The molecular weight excluding hydrogens is 326 g/mol. The van der Waals surface area contributed by atoms with Gasteiger partial charge in [0.25, 0.3) is 0 Å². The topological polar surface area (TPSA) is 98.5 Å². The summed E-state index contributed by atoms with van der Waals surface area (Å²) in [6.45, 7) is 7.34. The van der Waals surface area contributed by atoms with Crippen molar-refractivity contribution in [1.29, 1.82) is 0 Å². The lowest BCUT2D eigenvalue weighted by Crippen LogP contribution is -2.33. The second kappa shape index (κ2) is 6.99. The Morgan fingerprint density at radius 3 is 2.60 bits per heavy atom. The first-order valence-electron chi connectivity index (χ1n) is 8.79. The fourth-order valence-electron chi connectivity index (χ4n) is 3.35. The van der Waals surface area contributed by atoms with Gasteiger partial charge in [0.15, 0.2) is 5.82 Å². The summed E-state index contributed by atoms with van der Waals surface area (Å²) in [5.74, 6) is 0.748. The molecule has 2 aliphatic heterocycles. The summed E-state index contributed by atoms with van der Waals surface area (Å²) in [6, 6.07) is -0.391. The number of nitrogens with zero attached hydrogens (tertiary/aromatic N) is 4. The van der Waals surface area contributed by atoms with Gasteiger partial charge in [-0.2, -0.15) is 5.10 Å². The Balaban J connectivity index is 1.74. The minimum Gasteiger partial charge on any atom is -0.370 e. The number of rotatable bonds is 6. The molecule has 3 heterocycles. The van der Waals surface area contributed by atoms with Gasteiger partial charge in [-0.3, -0.25) is 14.3 Å². The quantitative estimate of drug-likeness (QED) is 0.760. The van der Waals surface area contributed by atoms with Crippen molar-refractivity contribution in [2.45, 2.75) is 52.3 Å². The number of hydrogen-bond acceptors (Lipinski definition) is 5. The van der Waals surface area contributed by atoms with Gasteiger partial charge in [0, 0.05) is 25.7 Å². The average molecular weight is 351 g/mol. The molecule has 3 amide bonds. The van der Waals surface area contributed by atoms with E-state index in [0.29, 0.717) is 31.3 Å². The van der Waals surface area contributed by atoms with Crippen molar-refractivity contribution in [2.24, 2.45) is 5.92 Å². The average Bonchev–Trinajstić information content (AvgIpc) is 3.20. The van der Waals surface area contributed by atoms with Crippen LogP contribution < -0.4 is 11.0 Å². The van der Waals surface area contributed by atoms with Crippen LogP contribution in [0.25, 0.3) is 0 Å². The van der Waals surface area contributed by atoms with Crippen LogP contribution in [-0.2, 0) is 16.1 Å². The van der Waals surface area contributed by atoms with Crippen LogP contribution in [0.1, 0.15) is 51.6 Å². The molecule has 0 aromatic carbocycles. The molecule has 9 nitrogen and oxygen atoms in total. The zero-order valence-corrected chi connectivity index (χ0v) is 14.9. The summed E-state index contributed by atoms with van der Waals surface area (Å²) in [6.07, 6.45) is 1.27. The van der Waals surface area contributed by atoms with E-state index in [9.17, 15) is 14.4 Å². The van der Waals surface area contributed by atoms with Gasteiger partial charge in [0.05, 0.1) is 6.54 Å². The molecule has 1 N–H and O–H groups in total. The van der Waals surface area contributed by atoms with Gasteiger partial charge in [-0.1, -0.05) is 6.92 Å². The van der Waals surface area contributed by atoms with Crippen LogP contribution in [0.15, 0.2) is 4.79 Å². The number of ether oxygens (including phenoxy) is 1. The number of aryl methyl sites for hydroxylation is 1. The lowest BCUT2D eigenvalue weighted by atomic mass is 10.0. The SMILES string of the molecule is CC(C)n1c([C@H]2OCC[C@H]2C)nn(CCCN2C(=O)CNC2=O)c1=O. The number of carbonyl (C=O) groups is 2. The summed E-state index contributed by atoms with van der Waals surface area (Å²) in [4.78, 5) is 37.0. The maximum absolute atomic E-state index is 12.7. The van der Waals surface area contributed by atoms with Gasteiger partial charge >= 0.3 is 11.7 Å². The van der Waals surface area contributed by atoms with Crippen molar-refractivity contribution in [2.75, 3.05) is 19.7 Å². The van der Waals surface area contributed by atoms with Crippen molar-refractivity contribution in [3.63, 3.8) is 0 Å². The largest absolute Gasteiger partial charge is 0.370 e. The van der Waals surface area contributed by atoms with Crippen molar-refractivity contribution in [1.82, 2.24) is 24.6 Å². The van der Waals surface area contributed by atoms with Gasteiger partial charge in [-0.05, 0) is 32.6 Å². The first kappa shape index (κ1) is 17.7. The molecule has 0 spiro atoms. The molecule has 0 radical (unpaired) electrons. The van der Waals surface area contributed by atoms with E-state index in [0.717, 1.165) is 6.42 Å². The third kappa shape index (κ3) is 3.33. The van der Waals surface area contributed by atoms with E-state index in [4.69, 9.17) is 4.74 Å². The lowest BCUT2D eigenvalue weighted by molar-refractivity contribution is -0.125. The Bertz CT molecular complexity index is 707. The Morgan fingerprint density at radius 2 is 2.04 bits per heavy atom. The second-order valence-electron chi connectivity index (χ2n) is 6.94. The molecular formula is C16H25N5O4. The van der Waals surface area contributed by atoms with E-state index in [1.807, 2.05) is 13.8 Å². The summed E-state index contributed by atoms with van der Waals surface area (Å²) >= 11 is 0. The van der Waals surface area contributed by atoms with Crippen LogP contribution in [0.3, 0.4) is 0 Å². The van der Waals surface area contributed by atoms with Crippen molar-refractivity contribution >= 4 is 11.9 Å². The van der Waals surface area contributed by atoms with E-state index < -0.39 is 0 Å². The number of nitrogens with one attached hydrogen (secondary N) is 1. The zero-order chi connectivity index (χ0) is 18.1. The van der Waals surface area contributed by atoms with Gasteiger partial charge in [0.2, 0.25) is 5.91 Å². The first-order chi connectivity index (χ1) is 11.9. The molecule has 2 atom stereocenters.